The van der Waals surface area contributed by atoms with Crippen molar-refractivity contribution in [3.05, 3.63) is 71.4 Å². The molecule has 0 unspecified atom stereocenters. The number of hydrogen-bond acceptors (Lipinski definition) is 5. The number of aromatic nitrogens is 3. The molecule has 0 atom stereocenters. The van der Waals surface area contributed by atoms with E-state index < -0.39 is 0 Å². The summed E-state index contributed by atoms with van der Waals surface area (Å²) in [5, 5.41) is 0.842. The van der Waals surface area contributed by atoms with Crippen LogP contribution in [0.2, 0.25) is 0 Å². The highest BCUT2D eigenvalue weighted by atomic mass is 32.2. The third-order valence-electron chi connectivity index (χ3n) is 4.52. The number of pyridine rings is 1. The molecule has 1 aromatic carbocycles. The van der Waals surface area contributed by atoms with Crippen LogP contribution in [0.3, 0.4) is 0 Å². The van der Waals surface area contributed by atoms with Crippen molar-refractivity contribution in [1.29, 1.82) is 0 Å². The van der Waals surface area contributed by atoms with E-state index >= 15 is 0 Å². The Bertz CT molecular complexity index is 914. The molecule has 6 heteroatoms. The fourth-order valence-electron chi connectivity index (χ4n) is 3.18. The fourth-order valence-corrected chi connectivity index (χ4v) is 3.54. The molecular weight excluding hydrogens is 347 g/mol. The summed E-state index contributed by atoms with van der Waals surface area (Å²) in [5.41, 5.74) is 5.11. The van der Waals surface area contributed by atoms with Crippen LogP contribution in [-0.2, 0) is 19.5 Å². The van der Waals surface area contributed by atoms with Gasteiger partial charge in [-0.1, -0.05) is 30.0 Å². The molecule has 0 spiro atoms. The Balaban J connectivity index is 1.44. The van der Waals surface area contributed by atoms with Crippen molar-refractivity contribution in [2.75, 3.05) is 12.8 Å². The molecule has 0 aliphatic carbocycles. The monoisotopic (exact) mass is 366 g/mol. The van der Waals surface area contributed by atoms with E-state index in [-0.39, 0.29) is 5.82 Å². The van der Waals surface area contributed by atoms with Crippen molar-refractivity contribution in [3.63, 3.8) is 0 Å². The van der Waals surface area contributed by atoms with Gasteiger partial charge in [-0.3, -0.25) is 9.88 Å². The van der Waals surface area contributed by atoms with E-state index in [1.807, 2.05) is 30.8 Å². The number of thioether (sulfide) groups is 1. The van der Waals surface area contributed by atoms with Crippen LogP contribution < -0.4 is 0 Å². The summed E-state index contributed by atoms with van der Waals surface area (Å²) in [6.07, 6.45) is 6.77. The Morgan fingerprint density at radius 2 is 2.08 bits per heavy atom. The van der Waals surface area contributed by atoms with Gasteiger partial charge in [-0.2, -0.15) is 0 Å². The van der Waals surface area contributed by atoms with Gasteiger partial charge in [-0.15, -0.1) is 0 Å². The van der Waals surface area contributed by atoms with Crippen LogP contribution in [0.5, 0.6) is 0 Å². The predicted molar refractivity (Wildman–Crippen MR) is 101 cm³/mol. The number of nitrogens with zero attached hydrogens (tertiary/aromatic N) is 4. The average molecular weight is 366 g/mol. The van der Waals surface area contributed by atoms with E-state index in [0.29, 0.717) is 0 Å². The normalized spacial score (nSPS) is 14.2. The van der Waals surface area contributed by atoms with Crippen molar-refractivity contribution >= 4 is 11.8 Å². The smallest absolute Gasteiger partial charge is 0.187 e. The number of rotatable bonds is 4. The number of benzene rings is 1. The summed E-state index contributed by atoms with van der Waals surface area (Å²) >= 11 is 1.58. The maximum atomic E-state index is 13.4. The minimum absolute atomic E-state index is 0.243. The van der Waals surface area contributed by atoms with E-state index in [4.69, 9.17) is 0 Å². The second kappa shape index (κ2) is 7.51. The highest BCUT2D eigenvalue weighted by molar-refractivity contribution is 7.98. The third kappa shape index (κ3) is 3.76. The zero-order valence-electron chi connectivity index (χ0n) is 14.5. The summed E-state index contributed by atoms with van der Waals surface area (Å²) in [4.78, 5) is 15.9. The number of fused-ring (bicyclic) bond motifs is 1. The summed E-state index contributed by atoms with van der Waals surface area (Å²) in [5.74, 6) is -0.243. The Morgan fingerprint density at radius 1 is 1.15 bits per heavy atom. The van der Waals surface area contributed by atoms with E-state index in [0.717, 1.165) is 48.0 Å². The van der Waals surface area contributed by atoms with Crippen LogP contribution in [0, 0.1) is 5.82 Å². The SMILES string of the molecule is CSc1ncc2c(n1)CCN(Cc1ccc(-c3cccc(F)c3)nc1)C2. The average Bonchev–Trinajstić information content (AvgIpc) is 2.68. The molecule has 0 saturated heterocycles. The van der Waals surface area contributed by atoms with Gasteiger partial charge in [0.25, 0.3) is 0 Å². The largest absolute Gasteiger partial charge is 0.294 e. The second-order valence-electron chi connectivity index (χ2n) is 6.35. The van der Waals surface area contributed by atoms with Crippen LogP contribution in [-0.4, -0.2) is 32.7 Å². The Kier molecular flexibility index (Phi) is 4.95. The first-order valence-electron chi connectivity index (χ1n) is 8.53. The minimum Gasteiger partial charge on any atom is -0.294 e. The van der Waals surface area contributed by atoms with Gasteiger partial charge in [0.1, 0.15) is 5.82 Å². The minimum atomic E-state index is -0.243. The van der Waals surface area contributed by atoms with E-state index in [1.165, 1.54) is 23.4 Å². The first-order chi connectivity index (χ1) is 12.7. The number of halogens is 1. The molecule has 0 bridgehead atoms. The van der Waals surface area contributed by atoms with Crippen LogP contribution in [0.4, 0.5) is 4.39 Å². The molecule has 1 aliphatic heterocycles. The van der Waals surface area contributed by atoms with Crippen LogP contribution >= 0.6 is 11.8 Å². The van der Waals surface area contributed by atoms with Gasteiger partial charge in [0, 0.05) is 49.6 Å². The lowest BCUT2D eigenvalue weighted by atomic mass is 10.1. The molecule has 4 rings (SSSR count). The summed E-state index contributed by atoms with van der Waals surface area (Å²) in [7, 11) is 0. The van der Waals surface area contributed by atoms with Gasteiger partial charge in [0.2, 0.25) is 0 Å². The maximum absolute atomic E-state index is 13.4. The van der Waals surface area contributed by atoms with E-state index in [2.05, 4.69) is 25.9 Å². The van der Waals surface area contributed by atoms with Crippen LogP contribution in [0.25, 0.3) is 11.3 Å². The quantitative estimate of drug-likeness (QED) is 0.516. The maximum Gasteiger partial charge on any atom is 0.187 e. The summed E-state index contributed by atoms with van der Waals surface area (Å²) in [6, 6.07) is 10.5. The molecule has 0 N–H and O–H groups in total. The van der Waals surface area contributed by atoms with Gasteiger partial charge in [-0.25, -0.2) is 14.4 Å². The lowest BCUT2D eigenvalue weighted by Crippen LogP contribution is -2.31. The van der Waals surface area contributed by atoms with Crippen LogP contribution in [0.1, 0.15) is 16.8 Å². The van der Waals surface area contributed by atoms with Crippen molar-refractivity contribution in [1.82, 2.24) is 19.9 Å². The summed E-state index contributed by atoms with van der Waals surface area (Å²) < 4.78 is 13.4. The number of hydrogen-bond donors (Lipinski definition) is 0. The van der Waals surface area contributed by atoms with Gasteiger partial charge in [0.05, 0.1) is 11.4 Å². The first kappa shape index (κ1) is 17.1. The Hall–Kier alpha value is -2.31. The molecule has 3 aromatic rings. The van der Waals surface area contributed by atoms with E-state index in [9.17, 15) is 4.39 Å². The molecule has 26 heavy (non-hydrogen) atoms. The van der Waals surface area contributed by atoms with E-state index in [1.54, 1.807) is 17.8 Å². The second-order valence-corrected chi connectivity index (χ2v) is 7.12. The molecule has 4 nitrogen and oxygen atoms in total. The Morgan fingerprint density at radius 3 is 2.85 bits per heavy atom. The highest BCUT2D eigenvalue weighted by Gasteiger charge is 2.18. The summed E-state index contributed by atoms with van der Waals surface area (Å²) in [6.45, 7) is 2.67. The molecule has 3 heterocycles. The zero-order chi connectivity index (χ0) is 17.9. The van der Waals surface area contributed by atoms with Crippen molar-refractivity contribution in [2.45, 2.75) is 24.7 Å². The molecule has 0 amide bonds. The molecule has 1 aliphatic rings. The van der Waals surface area contributed by atoms with Gasteiger partial charge >= 0.3 is 0 Å². The lowest BCUT2D eigenvalue weighted by Gasteiger charge is -2.27. The molecule has 0 saturated carbocycles. The molecular formula is C20H19FN4S. The van der Waals surface area contributed by atoms with Crippen molar-refractivity contribution in [3.8, 4) is 11.3 Å². The molecule has 0 fully saturated rings. The lowest BCUT2D eigenvalue weighted by molar-refractivity contribution is 0.242. The van der Waals surface area contributed by atoms with Crippen molar-refractivity contribution < 1.29 is 4.39 Å². The van der Waals surface area contributed by atoms with Gasteiger partial charge in [-0.05, 0) is 30.0 Å². The predicted octanol–water partition coefficient (Wildman–Crippen LogP) is 3.96. The molecule has 2 aromatic heterocycles. The zero-order valence-corrected chi connectivity index (χ0v) is 15.3. The topological polar surface area (TPSA) is 41.9 Å². The fraction of sp³-hybridized carbons (Fsp3) is 0.250. The molecule has 132 valence electrons. The third-order valence-corrected chi connectivity index (χ3v) is 5.09. The standard InChI is InChI=1S/C20H19FN4S/c1-26-20-23-11-16-13-25(8-7-19(16)24-20)12-14-5-6-18(22-10-14)15-3-2-4-17(21)9-15/h2-6,9-11H,7-8,12-13H2,1H3. The van der Waals surface area contributed by atoms with Gasteiger partial charge in [0.15, 0.2) is 5.16 Å². The van der Waals surface area contributed by atoms with Crippen molar-refractivity contribution in [2.24, 2.45) is 0 Å². The van der Waals surface area contributed by atoms with Crippen LogP contribution in [0.15, 0.2) is 53.9 Å². The molecule has 0 radical (unpaired) electrons. The Labute approximate surface area is 156 Å². The highest BCUT2D eigenvalue weighted by Crippen LogP contribution is 2.22. The first-order valence-corrected chi connectivity index (χ1v) is 9.76. The van der Waals surface area contributed by atoms with Gasteiger partial charge < -0.3 is 0 Å².